The molecule has 2 fully saturated rings. The van der Waals surface area contributed by atoms with E-state index >= 15 is 0 Å². The van der Waals surface area contributed by atoms with E-state index in [9.17, 15) is 9.59 Å². The molecule has 4 rings (SSSR count). The molecule has 6 heteroatoms. The second-order valence-corrected chi connectivity index (χ2v) is 6.34. The summed E-state index contributed by atoms with van der Waals surface area (Å²) in [6, 6.07) is 0. The zero-order valence-corrected chi connectivity index (χ0v) is 12.0. The quantitative estimate of drug-likeness (QED) is 0.838. The number of aromatic nitrogens is 1. The second kappa shape index (κ2) is 4.86. The first-order valence-electron chi connectivity index (χ1n) is 7.77. The van der Waals surface area contributed by atoms with Gasteiger partial charge in [-0.05, 0) is 38.0 Å². The lowest BCUT2D eigenvalue weighted by molar-refractivity contribution is -0.126. The molecule has 1 saturated heterocycles. The van der Waals surface area contributed by atoms with E-state index in [4.69, 9.17) is 4.52 Å². The van der Waals surface area contributed by atoms with Crippen LogP contribution in [0.3, 0.4) is 0 Å². The van der Waals surface area contributed by atoms with Crippen LogP contribution in [0.1, 0.15) is 47.5 Å². The number of aryl methyl sites for hydroxylation is 1. The predicted octanol–water partition coefficient (Wildman–Crippen LogP) is 1.21. The van der Waals surface area contributed by atoms with Crippen molar-refractivity contribution in [2.24, 2.45) is 5.92 Å². The van der Waals surface area contributed by atoms with Crippen molar-refractivity contribution >= 4 is 11.8 Å². The van der Waals surface area contributed by atoms with Crippen LogP contribution in [0.25, 0.3) is 0 Å². The highest BCUT2D eigenvalue weighted by molar-refractivity contribution is 5.97. The van der Waals surface area contributed by atoms with Gasteiger partial charge in [-0.25, -0.2) is 0 Å². The lowest BCUT2D eigenvalue weighted by Crippen LogP contribution is -2.33. The first-order valence-corrected chi connectivity index (χ1v) is 7.77. The Morgan fingerprint density at radius 2 is 2.10 bits per heavy atom. The number of fused-ring (bicyclic) bond motifs is 1. The molecule has 6 nitrogen and oxygen atoms in total. The van der Waals surface area contributed by atoms with Crippen molar-refractivity contribution in [3.8, 4) is 0 Å². The van der Waals surface area contributed by atoms with Crippen molar-refractivity contribution in [3.05, 3.63) is 17.0 Å². The highest BCUT2D eigenvalue weighted by Crippen LogP contribution is 2.31. The fourth-order valence-electron chi connectivity index (χ4n) is 3.21. The third kappa shape index (κ3) is 2.32. The molecule has 0 N–H and O–H groups in total. The monoisotopic (exact) mass is 289 g/mol. The molecule has 0 aromatic carbocycles. The number of carbonyl (C=O) groups is 2. The van der Waals surface area contributed by atoms with Gasteiger partial charge in [-0.3, -0.25) is 9.59 Å². The van der Waals surface area contributed by atoms with Gasteiger partial charge in [0.2, 0.25) is 5.91 Å². The zero-order valence-electron chi connectivity index (χ0n) is 12.0. The van der Waals surface area contributed by atoms with Gasteiger partial charge in [-0.15, -0.1) is 0 Å². The molecule has 0 radical (unpaired) electrons. The van der Waals surface area contributed by atoms with Crippen LogP contribution in [0.15, 0.2) is 4.52 Å². The molecule has 2 amide bonds. The number of hydrogen-bond donors (Lipinski definition) is 0. The maximum atomic E-state index is 12.6. The molecule has 21 heavy (non-hydrogen) atoms. The lowest BCUT2D eigenvalue weighted by Gasteiger charge is -2.17. The summed E-state index contributed by atoms with van der Waals surface area (Å²) in [7, 11) is 0. The Kier molecular flexibility index (Phi) is 2.97. The van der Waals surface area contributed by atoms with E-state index in [-0.39, 0.29) is 18.4 Å². The molecule has 0 atom stereocenters. The average molecular weight is 289 g/mol. The molecule has 1 aromatic rings. The molecule has 1 aliphatic heterocycles. The molecular formula is C15H19N3O3. The predicted molar refractivity (Wildman–Crippen MR) is 73.5 cm³/mol. The number of amides is 2. The summed E-state index contributed by atoms with van der Waals surface area (Å²) >= 11 is 0. The third-order valence-corrected chi connectivity index (χ3v) is 4.64. The molecule has 1 aromatic heterocycles. The summed E-state index contributed by atoms with van der Waals surface area (Å²) in [6.07, 6.45) is 6.29. The minimum atomic E-state index is -0.159. The Morgan fingerprint density at radius 3 is 2.90 bits per heavy atom. The molecule has 0 unspecified atom stereocenters. The Bertz CT molecular complexity index is 591. The van der Waals surface area contributed by atoms with Crippen LogP contribution >= 0.6 is 0 Å². The van der Waals surface area contributed by atoms with Crippen LogP contribution in [-0.4, -0.2) is 46.5 Å². The van der Waals surface area contributed by atoms with Crippen molar-refractivity contribution in [2.45, 2.75) is 38.5 Å². The van der Waals surface area contributed by atoms with Gasteiger partial charge in [-0.1, -0.05) is 5.16 Å². The van der Waals surface area contributed by atoms with Gasteiger partial charge in [0.1, 0.15) is 12.3 Å². The molecule has 0 spiro atoms. The van der Waals surface area contributed by atoms with Gasteiger partial charge >= 0.3 is 0 Å². The van der Waals surface area contributed by atoms with Crippen LogP contribution in [0.2, 0.25) is 0 Å². The fourth-order valence-corrected chi connectivity index (χ4v) is 3.21. The van der Waals surface area contributed by atoms with Crippen LogP contribution in [0.4, 0.5) is 0 Å². The minimum Gasteiger partial charge on any atom is -0.360 e. The average Bonchev–Trinajstić information content (AvgIpc) is 3.08. The fraction of sp³-hybridized carbons (Fsp3) is 0.667. The summed E-state index contributed by atoms with van der Waals surface area (Å²) in [4.78, 5) is 28.0. The minimum absolute atomic E-state index is 0.0487. The van der Waals surface area contributed by atoms with E-state index in [1.807, 2.05) is 0 Å². The van der Waals surface area contributed by atoms with E-state index in [1.165, 1.54) is 12.8 Å². The Hall–Kier alpha value is -1.85. The first kappa shape index (κ1) is 12.9. The van der Waals surface area contributed by atoms with E-state index in [0.29, 0.717) is 18.3 Å². The highest BCUT2D eigenvalue weighted by Gasteiger charge is 2.37. The summed E-state index contributed by atoms with van der Waals surface area (Å²) in [5.41, 5.74) is 1.38. The van der Waals surface area contributed by atoms with Crippen LogP contribution < -0.4 is 0 Å². The van der Waals surface area contributed by atoms with Crippen LogP contribution in [0.5, 0.6) is 0 Å². The van der Waals surface area contributed by atoms with E-state index in [1.54, 1.807) is 9.80 Å². The molecule has 2 aliphatic carbocycles. The lowest BCUT2D eigenvalue weighted by atomic mass is 9.96. The number of carbonyl (C=O) groups excluding carboxylic acids is 2. The molecule has 3 aliphatic rings. The van der Waals surface area contributed by atoms with Crippen molar-refractivity contribution in [3.63, 3.8) is 0 Å². The maximum absolute atomic E-state index is 12.6. The molecule has 0 bridgehead atoms. The largest absolute Gasteiger partial charge is 0.360 e. The Balaban J connectivity index is 1.50. The molecule has 2 heterocycles. The van der Waals surface area contributed by atoms with Crippen molar-refractivity contribution in [1.29, 1.82) is 0 Å². The molecular weight excluding hydrogens is 270 g/mol. The van der Waals surface area contributed by atoms with Crippen LogP contribution in [0, 0.1) is 5.92 Å². The summed E-state index contributed by atoms with van der Waals surface area (Å²) < 4.78 is 5.30. The van der Waals surface area contributed by atoms with E-state index in [2.05, 4.69) is 5.16 Å². The zero-order chi connectivity index (χ0) is 14.4. The smallest absolute Gasteiger partial charge is 0.278 e. The van der Waals surface area contributed by atoms with Gasteiger partial charge in [0.15, 0.2) is 5.69 Å². The van der Waals surface area contributed by atoms with Gasteiger partial charge < -0.3 is 14.3 Å². The Morgan fingerprint density at radius 1 is 1.29 bits per heavy atom. The molecule has 1 saturated carbocycles. The first-order chi connectivity index (χ1) is 10.2. The van der Waals surface area contributed by atoms with Gasteiger partial charge in [0.25, 0.3) is 5.91 Å². The van der Waals surface area contributed by atoms with Gasteiger partial charge in [-0.2, -0.15) is 0 Å². The topological polar surface area (TPSA) is 66.7 Å². The number of rotatable bonds is 3. The summed E-state index contributed by atoms with van der Waals surface area (Å²) in [6.45, 7) is 1.36. The van der Waals surface area contributed by atoms with E-state index < -0.39 is 0 Å². The van der Waals surface area contributed by atoms with Crippen molar-refractivity contribution < 1.29 is 14.1 Å². The normalized spacial score (nSPS) is 21.8. The van der Waals surface area contributed by atoms with Crippen molar-refractivity contribution in [2.75, 3.05) is 19.8 Å². The van der Waals surface area contributed by atoms with Crippen LogP contribution in [-0.2, 0) is 17.6 Å². The highest BCUT2D eigenvalue weighted by atomic mass is 16.5. The van der Waals surface area contributed by atoms with E-state index in [0.717, 1.165) is 43.6 Å². The van der Waals surface area contributed by atoms with Gasteiger partial charge in [0, 0.05) is 18.5 Å². The van der Waals surface area contributed by atoms with Gasteiger partial charge in [0.05, 0.1) is 6.67 Å². The summed E-state index contributed by atoms with van der Waals surface area (Å²) in [5, 5.41) is 3.97. The molecule has 112 valence electrons. The second-order valence-electron chi connectivity index (χ2n) is 6.34. The third-order valence-electron chi connectivity index (χ3n) is 4.64. The standard InChI is InChI=1S/C15H19N3O3/c19-13-8-18(9-17(13)7-10-5-6-10)15(20)14-11-3-1-2-4-12(11)21-16-14/h10H,1-9H2. The SMILES string of the molecule is O=C1CN(C(=O)c2noc3c2CCCC3)CN1CC1CC1. The Labute approximate surface area is 123 Å². The number of hydrogen-bond acceptors (Lipinski definition) is 4. The van der Waals surface area contributed by atoms with Crippen molar-refractivity contribution in [1.82, 2.24) is 15.0 Å². The summed E-state index contributed by atoms with van der Waals surface area (Å²) in [5.74, 6) is 1.38. The number of nitrogens with zero attached hydrogens (tertiary/aromatic N) is 3. The maximum Gasteiger partial charge on any atom is 0.278 e.